The average Bonchev–Trinajstić information content (AvgIpc) is 2.53. The van der Waals surface area contributed by atoms with Gasteiger partial charge in [-0.05, 0) is 43.4 Å². The number of methoxy groups -OCH3 is 1. The monoisotopic (exact) mass is 319 g/mol. The molecule has 1 saturated carbocycles. The van der Waals surface area contributed by atoms with E-state index in [1.54, 1.807) is 6.07 Å². The fraction of sp³-hybridized carbons (Fsp3) is 0.556. The van der Waals surface area contributed by atoms with Gasteiger partial charge in [-0.2, -0.15) is 0 Å². The van der Waals surface area contributed by atoms with Crippen molar-refractivity contribution in [1.82, 2.24) is 4.90 Å². The molecule has 2 fully saturated rings. The number of carbonyl (C=O) groups excluding carboxylic acids is 2. The quantitative estimate of drug-likeness (QED) is 0.805. The summed E-state index contributed by atoms with van der Waals surface area (Å²) in [6.07, 6.45) is 3.80. The number of ether oxygens (including phenoxy) is 1. The number of hydrogen-bond donors (Lipinski definition) is 0. The molecule has 1 amide bonds. The number of nitrogens with zero attached hydrogens (tertiary/aromatic N) is 1. The van der Waals surface area contributed by atoms with E-state index in [1.165, 1.54) is 19.2 Å². The van der Waals surface area contributed by atoms with Crippen molar-refractivity contribution in [3.8, 4) is 0 Å². The molecule has 124 valence electrons. The number of halogens is 1. The Kier molecular flexibility index (Phi) is 4.37. The normalized spacial score (nSPS) is 20.7. The Balaban J connectivity index is 1.73. The molecule has 0 N–H and O–H groups in total. The van der Waals surface area contributed by atoms with Crippen LogP contribution >= 0.6 is 0 Å². The first kappa shape index (κ1) is 16.0. The Bertz CT molecular complexity index is 604. The number of likely N-dealkylation sites (tertiary alicyclic amines) is 1. The third-order valence-electron chi connectivity index (χ3n) is 5.31. The van der Waals surface area contributed by atoms with Crippen molar-refractivity contribution in [3.05, 3.63) is 35.6 Å². The molecule has 1 aliphatic heterocycles. The van der Waals surface area contributed by atoms with Gasteiger partial charge in [0.05, 0.1) is 18.4 Å². The Labute approximate surface area is 135 Å². The molecule has 4 nitrogen and oxygen atoms in total. The smallest absolute Gasteiger partial charge is 0.308 e. The molecule has 1 aliphatic carbocycles. The fourth-order valence-corrected chi connectivity index (χ4v) is 3.73. The van der Waals surface area contributed by atoms with Crippen LogP contribution in [0.15, 0.2) is 24.3 Å². The Hall–Kier alpha value is -1.91. The van der Waals surface area contributed by atoms with E-state index < -0.39 is 5.41 Å². The lowest BCUT2D eigenvalue weighted by molar-refractivity contribution is -0.151. The van der Waals surface area contributed by atoms with Crippen LogP contribution in [0.4, 0.5) is 4.39 Å². The predicted octanol–water partition coefficient (Wildman–Crippen LogP) is 2.66. The van der Waals surface area contributed by atoms with Gasteiger partial charge in [-0.3, -0.25) is 9.59 Å². The lowest BCUT2D eigenvalue weighted by atomic mass is 9.63. The van der Waals surface area contributed by atoms with Crippen LogP contribution in [-0.4, -0.2) is 37.0 Å². The van der Waals surface area contributed by atoms with E-state index in [2.05, 4.69) is 0 Å². The van der Waals surface area contributed by atoms with Crippen LogP contribution in [0, 0.1) is 11.7 Å². The van der Waals surface area contributed by atoms with E-state index in [0.29, 0.717) is 25.9 Å². The molecule has 0 radical (unpaired) electrons. The summed E-state index contributed by atoms with van der Waals surface area (Å²) in [5.74, 6) is -0.528. The highest BCUT2D eigenvalue weighted by Gasteiger charge is 2.48. The van der Waals surface area contributed by atoms with E-state index >= 15 is 0 Å². The van der Waals surface area contributed by atoms with Crippen molar-refractivity contribution in [2.24, 2.45) is 5.92 Å². The highest BCUT2D eigenvalue weighted by Crippen LogP contribution is 2.45. The molecule has 1 heterocycles. The zero-order chi connectivity index (χ0) is 16.4. The third-order valence-corrected chi connectivity index (χ3v) is 5.31. The van der Waals surface area contributed by atoms with E-state index in [1.807, 2.05) is 11.0 Å². The van der Waals surface area contributed by atoms with Gasteiger partial charge < -0.3 is 9.64 Å². The molecule has 1 aromatic carbocycles. The summed E-state index contributed by atoms with van der Waals surface area (Å²) in [5.41, 5.74) is 0.212. The first-order chi connectivity index (χ1) is 11.1. The number of hydrogen-bond acceptors (Lipinski definition) is 3. The number of benzene rings is 1. The summed E-state index contributed by atoms with van der Waals surface area (Å²) in [7, 11) is 1.40. The minimum Gasteiger partial charge on any atom is -0.469 e. The van der Waals surface area contributed by atoms with Crippen molar-refractivity contribution in [2.45, 2.75) is 37.5 Å². The van der Waals surface area contributed by atoms with Gasteiger partial charge in [-0.15, -0.1) is 0 Å². The molecule has 0 spiro atoms. The SMILES string of the molecule is COC(=O)C1CCN(C(=O)C2(c3cccc(F)c3)CCC2)CC1. The molecule has 0 unspecified atom stereocenters. The van der Waals surface area contributed by atoms with Gasteiger partial charge in [0.15, 0.2) is 0 Å². The largest absolute Gasteiger partial charge is 0.469 e. The molecular weight excluding hydrogens is 297 g/mol. The van der Waals surface area contributed by atoms with Crippen LogP contribution in [0.3, 0.4) is 0 Å². The Morgan fingerprint density at radius 2 is 1.96 bits per heavy atom. The van der Waals surface area contributed by atoms with Crippen LogP contribution in [-0.2, 0) is 19.7 Å². The van der Waals surface area contributed by atoms with E-state index in [4.69, 9.17) is 4.74 Å². The molecule has 1 saturated heterocycles. The second-order valence-corrected chi connectivity index (χ2v) is 6.54. The van der Waals surface area contributed by atoms with Gasteiger partial charge in [0.25, 0.3) is 0 Å². The van der Waals surface area contributed by atoms with E-state index in [0.717, 1.165) is 24.8 Å². The molecule has 1 aromatic rings. The summed E-state index contributed by atoms with van der Waals surface area (Å²) in [6, 6.07) is 6.41. The van der Waals surface area contributed by atoms with Crippen molar-refractivity contribution < 1.29 is 18.7 Å². The number of rotatable bonds is 3. The van der Waals surface area contributed by atoms with Crippen LogP contribution in [0.5, 0.6) is 0 Å². The standard InChI is InChI=1S/C18H22FNO3/c1-23-16(21)13-6-10-20(11-7-13)17(22)18(8-3-9-18)14-4-2-5-15(19)12-14/h2,4-5,12-13H,3,6-11H2,1H3. The lowest BCUT2D eigenvalue weighted by Gasteiger charge is -2.45. The highest BCUT2D eigenvalue weighted by atomic mass is 19.1. The molecule has 0 bridgehead atoms. The second kappa shape index (κ2) is 6.30. The van der Waals surface area contributed by atoms with Gasteiger partial charge in [0, 0.05) is 13.1 Å². The maximum atomic E-state index is 13.6. The van der Waals surface area contributed by atoms with Crippen LogP contribution < -0.4 is 0 Å². The topological polar surface area (TPSA) is 46.6 Å². The van der Waals surface area contributed by atoms with Crippen LogP contribution in [0.1, 0.15) is 37.7 Å². The van der Waals surface area contributed by atoms with Gasteiger partial charge in [0.1, 0.15) is 5.82 Å². The minimum absolute atomic E-state index is 0.0812. The zero-order valence-corrected chi connectivity index (χ0v) is 13.4. The fourth-order valence-electron chi connectivity index (χ4n) is 3.73. The summed E-state index contributed by atoms with van der Waals surface area (Å²) >= 11 is 0. The Morgan fingerprint density at radius 3 is 2.48 bits per heavy atom. The highest BCUT2D eigenvalue weighted by molar-refractivity contribution is 5.89. The van der Waals surface area contributed by atoms with E-state index in [-0.39, 0.29) is 23.6 Å². The second-order valence-electron chi connectivity index (χ2n) is 6.54. The Morgan fingerprint density at radius 1 is 1.26 bits per heavy atom. The van der Waals surface area contributed by atoms with Crippen molar-refractivity contribution in [2.75, 3.05) is 20.2 Å². The summed E-state index contributed by atoms with van der Waals surface area (Å²) in [6.45, 7) is 1.13. The zero-order valence-electron chi connectivity index (χ0n) is 13.4. The van der Waals surface area contributed by atoms with Crippen molar-refractivity contribution in [1.29, 1.82) is 0 Å². The number of piperidine rings is 1. The third kappa shape index (κ3) is 2.84. The first-order valence-corrected chi connectivity index (χ1v) is 8.20. The molecule has 23 heavy (non-hydrogen) atoms. The predicted molar refractivity (Wildman–Crippen MR) is 83.2 cm³/mol. The molecule has 2 aliphatic rings. The maximum absolute atomic E-state index is 13.6. The number of carbonyl (C=O) groups is 2. The first-order valence-electron chi connectivity index (χ1n) is 8.20. The minimum atomic E-state index is -0.569. The van der Waals surface area contributed by atoms with Crippen molar-refractivity contribution in [3.63, 3.8) is 0 Å². The molecule has 0 atom stereocenters. The van der Waals surface area contributed by atoms with Gasteiger partial charge in [0.2, 0.25) is 5.91 Å². The molecule has 3 rings (SSSR count). The summed E-state index contributed by atoms with van der Waals surface area (Å²) in [5, 5.41) is 0. The number of amides is 1. The summed E-state index contributed by atoms with van der Waals surface area (Å²) in [4.78, 5) is 26.5. The van der Waals surface area contributed by atoms with Crippen LogP contribution in [0.2, 0.25) is 0 Å². The average molecular weight is 319 g/mol. The van der Waals surface area contributed by atoms with Gasteiger partial charge >= 0.3 is 5.97 Å². The molecule has 5 heteroatoms. The van der Waals surface area contributed by atoms with Crippen molar-refractivity contribution >= 4 is 11.9 Å². The number of esters is 1. The van der Waals surface area contributed by atoms with Crippen LogP contribution in [0.25, 0.3) is 0 Å². The molecule has 0 aromatic heterocycles. The maximum Gasteiger partial charge on any atom is 0.308 e. The lowest BCUT2D eigenvalue weighted by Crippen LogP contribution is -2.53. The van der Waals surface area contributed by atoms with E-state index in [9.17, 15) is 14.0 Å². The van der Waals surface area contributed by atoms with Gasteiger partial charge in [-0.25, -0.2) is 4.39 Å². The van der Waals surface area contributed by atoms with Gasteiger partial charge in [-0.1, -0.05) is 18.6 Å². The molecular formula is C18H22FNO3. The summed E-state index contributed by atoms with van der Waals surface area (Å²) < 4.78 is 18.3.